The predicted octanol–water partition coefficient (Wildman–Crippen LogP) is 5.59. The molecule has 1 aromatic carbocycles. The number of carbonyl (C=O) groups is 1. The Morgan fingerprint density at radius 1 is 0.842 bits per heavy atom. The largest absolute Gasteiger partial charge is 0.348 e. The number of hydrogen-bond acceptors (Lipinski definition) is 5. The van der Waals surface area contributed by atoms with E-state index in [1.807, 2.05) is 24.5 Å². The van der Waals surface area contributed by atoms with Crippen molar-refractivity contribution in [2.45, 2.75) is 86.1 Å². The van der Waals surface area contributed by atoms with Crippen LogP contribution in [-0.2, 0) is 19.6 Å². The van der Waals surface area contributed by atoms with Gasteiger partial charge < -0.3 is 15.3 Å². The third-order valence-electron chi connectivity index (χ3n) is 6.77. The summed E-state index contributed by atoms with van der Waals surface area (Å²) in [6.45, 7) is 15.3. The molecular formula is C30H47N7O. The zero-order valence-corrected chi connectivity index (χ0v) is 23.9. The number of nitrogens with one attached hydrogen (secondary N) is 3. The van der Waals surface area contributed by atoms with E-state index >= 15 is 0 Å². The molecule has 1 unspecified atom stereocenters. The molecule has 3 aromatic rings. The maximum Gasteiger partial charge on any atom is 0.252 e. The SMILES string of the molecule is CCCC(NC(=O)c1ccc(CN(Cc2ncc[nH]2)Cc2ncc[nH]2)cc1)N(CCC(C)C)CCC(C)C. The summed E-state index contributed by atoms with van der Waals surface area (Å²) in [7, 11) is 0. The standard InChI is InChI=1S/C30H47N7O/c1-6-7-29(37(18-12-23(2)3)19-13-24(4)5)35-30(38)26-10-8-25(9-11-26)20-36(21-27-31-14-15-32-27)22-28-33-16-17-34-28/h8-11,14-17,23-24,29H,6-7,12-13,18-22H2,1-5H3,(H,31,32)(H,33,34)(H,35,38). The Bertz CT molecular complexity index is 981. The van der Waals surface area contributed by atoms with Gasteiger partial charge in [-0.3, -0.25) is 14.6 Å². The molecule has 0 bridgehead atoms. The van der Waals surface area contributed by atoms with E-state index in [0.717, 1.165) is 62.5 Å². The lowest BCUT2D eigenvalue weighted by molar-refractivity contribution is 0.0818. The van der Waals surface area contributed by atoms with Gasteiger partial charge in [0.15, 0.2) is 0 Å². The van der Waals surface area contributed by atoms with Gasteiger partial charge in [-0.15, -0.1) is 0 Å². The summed E-state index contributed by atoms with van der Waals surface area (Å²) < 4.78 is 0. The summed E-state index contributed by atoms with van der Waals surface area (Å²) in [4.78, 5) is 33.2. The molecule has 38 heavy (non-hydrogen) atoms. The van der Waals surface area contributed by atoms with Gasteiger partial charge in [0.25, 0.3) is 5.91 Å². The molecule has 208 valence electrons. The van der Waals surface area contributed by atoms with Crippen LogP contribution in [0.15, 0.2) is 49.1 Å². The van der Waals surface area contributed by atoms with Gasteiger partial charge in [0.1, 0.15) is 11.6 Å². The van der Waals surface area contributed by atoms with E-state index in [1.165, 1.54) is 0 Å². The van der Waals surface area contributed by atoms with Crippen LogP contribution in [0.1, 0.15) is 87.9 Å². The molecule has 2 aromatic heterocycles. The average molecular weight is 522 g/mol. The van der Waals surface area contributed by atoms with Gasteiger partial charge in [0.2, 0.25) is 0 Å². The van der Waals surface area contributed by atoms with Crippen LogP contribution in [-0.4, -0.2) is 54.9 Å². The van der Waals surface area contributed by atoms with Crippen LogP contribution >= 0.6 is 0 Å². The van der Waals surface area contributed by atoms with Crippen molar-refractivity contribution in [3.63, 3.8) is 0 Å². The number of aromatic amines is 2. The minimum atomic E-state index is -0.00267. The first-order valence-corrected chi connectivity index (χ1v) is 14.2. The van der Waals surface area contributed by atoms with Gasteiger partial charge in [-0.25, -0.2) is 9.97 Å². The van der Waals surface area contributed by atoms with E-state index in [0.29, 0.717) is 30.5 Å². The predicted molar refractivity (Wildman–Crippen MR) is 153 cm³/mol. The Labute approximate surface area is 228 Å². The zero-order chi connectivity index (χ0) is 27.3. The summed E-state index contributed by atoms with van der Waals surface area (Å²) in [6.07, 6.45) is 11.5. The van der Waals surface area contributed by atoms with Crippen LogP contribution in [0.4, 0.5) is 0 Å². The van der Waals surface area contributed by atoms with E-state index in [4.69, 9.17) is 0 Å². The number of rotatable bonds is 17. The van der Waals surface area contributed by atoms with Gasteiger partial charge in [-0.2, -0.15) is 0 Å². The second-order valence-corrected chi connectivity index (χ2v) is 11.1. The third kappa shape index (κ3) is 10.1. The Morgan fingerprint density at radius 2 is 1.39 bits per heavy atom. The third-order valence-corrected chi connectivity index (χ3v) is 6.77. The molecule has 0 saturated heterocycles. The minimum absolute atomic E-state index is 0.00267. The minimum Gasteiger partial charge on any atom is -0.348 e. The fourth-order valence-electron chi connectivity index (χ4n) is 4.51. The number of carbonyl (C=O) groups excluding carboxylic acids is 1. The quantitative estimate of drug-likeness (QED) is 0.202. The van der Waals surface area contributed by atoms with Crippen molar-refractivity contribution in [3.8, 4) is 0 Å². The summed E-state index contributed by atoms with van der Waals surface area (Å²) in [5.41, 5.74) is 1.84. The Kier molecular flexibility index (Phi) is 12.0. The lowest BCUT2D eigenvalue weighted by Crippen LogP contribution is -2.49. The number of nitrogens with zero attached hydrogens (tertiary/aromatic N) is 4. The van der Waals surface area contributed by atoms with Crippen molar-refractivity contribution < 1.29 is 4.79 Å². The molecule has 0 aliphatic carbocycles. The summed E-state index contributed by atoms with van der Waals surface area (Å²) in [5, 5.41) is 3.35. The second-order valence-electron chi connectivity index (χ2n) is 11.1. The summed E-state index contributed by atoms with van der Waals surface area (Å²) >= 11 is 0. The molecule has 1 atom stereocenters. The number of hydrogen-bond donors (Lipinski definition) is 3. The molecule has 0 radical (unpaired) electrons. The smallest absolute Gasteiger partial charge is 0.252 e. The fourth-order valence-corrected chi connectivity index (χ4v) is 4.51. The molecule has 0 saturated carbocycles. The van der Waals surface area contributed by atoms with Crippen molar-refractivity contribution in [1.29, 1.82) is 0 Å². The first-order valence-electron chi connectivity index (χ1n) is 14.2. The molecule has 0 spiro atoms. The molecular weight excluding hydrogens is 474 g/mol. The molecule has 0 aliphatic rings. The highest BCUT2D eigenvalue weighted by Gasteiger charge is 2.21. The summed E-state index contributed by atoms with van der Waals surface area (Å²) in [5.74, 6) is 3.10. The lowest BCUT2D eigenvalue weighted by atomic mass is 10.1. The van der Waals surface area contributed by atoms with E-state index in [1.54, 1.807) is 12.4 Å². The maximum absolute atomic E-state index is 13.3. The number of amides is 1. The van der Waals surface area contributed by atoms with E-state index in [-0.39, 0.29) is 12.1 Å². The van der Waals surface area contributed by atoms with Crippen LogP contribution in [0.2, 0.25) is 0 Å². The second kappa shape index (κ2) is 15.4. The van der Waals surface area contributed by atoms with Gasteiger partial charge in [-0.1, -0.05) is 53.2 Å². The molecule has 8 heteroatoms. The van der Waals surface area contributed by atoms with Crippen molar-refractivity contribution >= 4 is 5.91 Å². The van der Waals surface area contributed by atoms with E-state index in [9.17, 15) is 4.79 Å². The molecule has 3 rings (SSSR count). The fraction of sp³-hybridized carbons (Fsp3) is 0.567. The first kappa shape index (κ1) is 29.6. The number of benzene rings is 1. The molecule has 0 aliphatic heterocycles. The normalized spacial score (nSPS) is 12.7. The lowest BCUT2D eigenvalue weighted by Gasteiger charge is -2.33. The number of imidazole rings is 2. The monoisotopic (exact) mass is 521 g/mol. The molecule has 2 heterocycles. The van der Waals surface area contributed by atoms with Crippen LogP contribution in [0, 0.1) is 11.8 Å². The molecule has 8 nitrogen and oxygen atoms in total. The van der Waals surface area contributed by atoms with Crippen molar-refractivity contribution in [2.24, 2.45) is 11.8 Å². The van der Waals surface area contributed by atoms with Gasteiger partial charge in [0, 0.05) is 50.0 Å². The Balaban J connectivity index is 1.65. The van der Waals surface area contributed by atoms with Crippen molar-refractivity contribution in [2.75, 3.05) is 13.1 Å². The van der Waals surface area contributed by atoms with E-state index < -0.39 is 0 Å². The van der Waals surface area contributed by atoms with Crippen LogP contribution in [0.3, 0.4) is 0 Å². The Hall–Kier alpha value is -2.97. The highest BCUT2D eigenvalue weighted by Crippen LogP contribution is 2.15. The van der Waals surface area contributed by atoms with E-state index in [2.05, 4.69) is 81.8 Å². The molecule has 3 N–H and O–H groups in total. The van der Waals surface area contributed by atoms with Crippen LogP contribution in [0.5, 0.6) is 0 Å². The van der Waals surface area contributed by atoms with Crippen molar-refractivity contribution in [1.82, 2.24) is 35.1 Å². The molecule has 1 amide bonds. The highest BCUT2D eigenvalue weighted by atomic mass is 16.1. The Morgan fingerprint density at radius 3 is 1.84 bits per heavy atom. The maximum atomic E-state index is 13.3. The van der Waals surface area contributed by atoms with Crippen LogP contribution in [0.25, 0.3) is 0 Å². The van der Waals surface area contributed by atoms with Crippen LogP contribution < -0.4 is 5.32 Å². The molecule has 0 fully saturated rings. The number of H-pyrrole nitrogens is 2. The topological polar surface area (TPSA) is 92.9 Å². The average Bonchev–Trinajstić information content (AvgIpc) is 3.58. The number of aromatic nitrogens is 4. The van der Waals surface area contributed by atoms with Gasteiger partial charge in [-0.05, 0) is 48.8 Å². The summed E-state index contributed by atoms with van der Waals surface area (Å²) in [6, 6.07) is 7.99. The van der Waals surface area contributed by atoms with Crippen molar-refractivity contribution in [3.05, 3.63) is 71.8 Å². The van der Waals surface area contributed by atoms with Gasteiger partial charge in [0.05, 0.1) is 19.3 Å². The van der Waals surface area contributed by atoms with Gasteiger partial charge >= 0.3 is 0 Å². The zero-order valence-electron chi connectivity index (χ0n) is 23.9. The highest BCUT2D eigenvalue weighted by molar-refractivity contribution is 5.94. The first-order chi connectivity index (χ1) is 18.3.